The van der Waals surface area contributed by atoms with E-state index in [4.69, 9.17) is 4.74 Å². The van der Waals surface area contributed by atoms with E-state index in [2.05, 4.69) is 12.2 Å². The van der Waals surface area contributed by atoms with E-state index < -0.39 is 6.04 Å². The monoisotopic (exact) mass is 319 g/mol. The van der Waals surface area contributed by atoms with Crippen LogP contribution in [0, 0.1) is 5.92 Å². The molecule has 0 aliphatic heterocycles. The maximum Gasteiger partial charge on any atom is 0.328 e. The van der Waals surface area contributed by atoms with E-state index in [1.54, 1.807) is 0 Å². The van der Waals surface area contributed by atoms with Crippen molar-refractivity contribution in [3.8, 4) is 0 Å². The number of rotatable bonds is 10. The highest BCUT2D eigenvalue weighted by molar-refractivity contribution is 5.84. The average molecular weight is 319 g/mol. The molecule has 23 heavy (non-hydrogen) atoms. The highest BCUT2D eigenvalue weighted by Gasteiger charge is 2.25. The lowest BCUT2D eigenvalue weighted by Gasteiger charge is -2.21. The molecule has 0 radical (unpaired) electrons. The number of unbranched alkanes of at least 4 members (excludes halogenated alkanes) is 2. The van der Waals surface area contributed by atoms with E-state index >= 15 is 0 Å². The van der Waals surface area contributed by atoms with Crippen LogP contribution in [0.3, 0.4) is 0 Å². The van der Waals surface area contributed by atoms with E-state index in [1.165, 1.54) is 0 Å². The van der Waals surface area contributed by atoms with Gasteiger partial charge in [-0.15, -0.1) is 0 Å². The minimum absolute atomic E-state index is 0.00866. The van der Waals surface area contributed by atoms with Crippen molar-refractivity contribution in [1.29, 1.82) is 0 Å². The molecule has 0 aliphatic rings. The summed E-state index contributed by atoms with van der Waals surface area (Å²) >= 11 is 0. The Balaban J connectivity index is 2.41. The smallest absolute Gasteiger partial charge is 0.328 e. The molecule has 0 bridgehead atoms. The molecule has 0 fully saturated rings. The summed E-state index contributed by atoms with van der Waals surface area (Å²) in [6.45, 7) is 6.35. The fourth-order valence-corrected chi connectivity index (χ4v) is 2.26. The summed E-state index contributed by atoms with van der Waals surface area (Å²) in [6.07, 6.45) is 4.04. The summed E-state index contributed by atoms with van der Waals surface area (Å²) in [4.78, 5) is 24.2. The van der Waals surface area contributed by atoms with Crippen molar-refractivity contribution >= 4 is 11.9 Å². The number of esters is 1. The van der Waals surface area contributed by atoms with Gasteiger partial charge >= 0.3 is 5.97 Å². The summed E-state index contributed by atoms with van der Waals surface area (Å²) in [6, 6.07) is 9.28. The molecule has 0 aromatic heterocycles. The number of ether oxygens (including phenoxy) is 1. The number of benzene rings is 1. The van der Waals surface area contributed by atoms with Crippen molar-refractivity contribution in [2.75, 3.05) is 6.61 Å². The first-order valence-electron chi connectivity index (χ1n) is 8.54. The third kappa shape index (κ3) is 7.82. The fourth-order valence-electron chi connectivity index (χ4n) is 2.26. The van der Waals surface area contributed by atoms with Crippen molar-refractivity contribution in [2.45, 2.75) is 58.9 Å². The van der Waals surface area contributed by atoms with Crippen LogP contribution in [0.1, 0.15) is 52.0 Å². The fraction of sp³-hybridized carbons (Fsp3) is 0.579. The van der Waals surface area contributed by atoms with Gasteiger partial charge < -0.3 is 10.1 Å². The standard InChI is InChI=1S/C19H29NO3/c1-4-5-9-14-23-19(22)18(15(2)3)20-17(21)13-12-16-10-7-6-8-11-16/h6-8,10-11,15,18H,4-5,9,12-14H2,1-3H3,(H,20,21). The van der Waals surface area contributed by atoms with Crippen LogP contribution in [-0.4, -0.2) is 24.5 Å². The second-order valence-corrected chi connectivity index (χ2v) is 6.15. The highest BCUT2D eigenvalue weighted by atomic mass is 16.5. The number of carbonyl (C=O) groups excluding carboxylic acids is 2. The molecular weight excluding hydrogens is 290 g/mol. The van der Waals surface area contributed by atoms with Gasteiger partial charge in [0.05, 0.1) is 6.61 Å². The Labute approximate surface area is 139 Å². The van der Waals surface area contributed by atoms with Gasteiger partial charge in [-0.05, 0) is 24.3 Å². The Bertz CT molecular complexity index is 471. The molecule has 1 amide bonds. The molecule has 0 aliphatic carbocycles. The molecule has 1 rings (SSSR count). The molecule has 0 saturated carbocycles. The van der Waals surface area contributed by atoms with Crippen molar-refractivity contribution in [3.05, 3.63) is 35.9 Å². The van der Waals surface area contributed by atoms with Crippen LogP contribution in [0.4, 0.5) is 0 Å². The lowest BCUT2D eigenvalue weighted by atomic mass is 10.0. The zero-order chi connectivity index (χ0) is 17.1. The van der Waals surface area contributed by atoms with Crippen LogP contribution < -0.4 is 5.32 Å². The van der Waals surface area contributed by atoms with Gasteiger partial charge in [0.2, 0.25) is 5.91 Å². The molecule has 128 valence electrons. The number of hydrogen-bond acceptors (Lipinski definition) is 3. The van der Waals surface area contributed by atoms with Crippen molar-refractivity contribution in [1.82, 2.24) is 5.32 Å². The number of aryl methyl sites for hydroxylation is 1. The molecule has 0 heterocycles. The molecule has 0 spiro atoms. The van der Waals surface area contributed by atoms with E-state index in [1.807, 2.05) is 44.2 Å². The summed E-state index contributed by atoms with van der Waals surface area (Å²) in [5.74, 6) is -0.434. The van der Waals surface area contributed by atoms with E-state index in [9.17, 15) is 9.59 Å². The van der Waals surface area contributed by atoms with Crippen LogP contribution in [0.5, 0.6) is 0 Å². The second-order valence-electron chi connectivity index (χ2n) is 6.15. The molecule has 1 N–H and O–H groups in total. The van der Waals surface area contributed by atoms with Crippen LogP contribution in [-0.2, 0) is 20.7 Å². The second kappa shape index (κ2) is 10.8. The summed E-state index contributed by atoms with van der Waals surface area (Å²) in [5.41, 5.74) is 1.12. The van der Waals surface area contributed by atoms with Gasteiger partial charge in [-0.25, -0.2) is 4.79 Å². The number of carbonyl (C=O) groups is 2. The van der Waals surface area contributed by atoms with Crippen LogP contribution in [0.2, 0.25) is 0 Å². The predicted molar refractivity (Wildman–Crippen MR) is 92.0 cm³/mol. The third-order valence-corrected chi connectivity index (χ3v) is 3.71. The molecule has 1 aromatic carbocycles. The third-order valence-electron chi connectivity index (χ3n) is 3.71. The molecule has 1 unspecified atom stereocenters. The van der Waals surface area contributed by atoms with Crippen LogP contribution in [0.15, 0.2) is 30.3 Å². The van der Waals surface area contributed by atoms with Crippen molar-refractivity contribution in [3.63, 3.8) is 0 Å². The van der Waals surface area contributed by atoms with E-state index in [0.29, 0.717) is 19.4 Å². The largest absolute Gasteiger partial charge is 0.464 e. The van der Waals surface area contributed by atoms with E-state index in [-0.39, 0.29) is 17.8 Å². The van der Waals surface area contributed by atoms with Gasteiger partial charge in [0.15, 0.2) is 0 Å². The van der Waals surface area contributed by atoms with Crippen molar-refractivity contribution < 1.29 is 14.3 Å². The zero-order valence-corrected chi connectivity index (χ0v) is 14.5. The molecule has 0 saturated heterocycles. The van der Waals surface area contributed by atoms with Gasteiger partial charge in [-0.3, -0.25) is 4.79 Å². The van der Waals surface area contributed by atoms with Gasteiger partial charge in [0, 0.05) is 6.42 Å². The van der Waals surface area contributed by atoms with E-state index in [0.717, 1.165) is 24.8 Å². The zero-order valence-electron chi connectivity index (χ0n) is 14.5. The van der Waals surface area contributed by atoms with Gasteiger partial charge in [0.25, 0.3) is 0 Å². The highest BCUT2D eigenvalue weighted by Crippen LogP contribution is 2.07. The minimum atomic E-state index is -0.570. The molecular formula is C19H29NO3. The lowest BCUT2D eigenvalue weighted by molar-refractivity contribution is -0.149. The Morgan fingerprint density at radius 2 is 1.83 bits per heavy atom. The Morgan fingerprint density at radius 3 is 2.43 bits per heavy atom. The number of amides is 1. The SMILES string of the molecule is CCCCCOC(=O)C(NC(=O)CCc1ccccc1)C(C)C. The van der Waals surface area contributed by atoms with Crippen molar-refractivity contribution in [2.24, 2.45) is 5.92 Å². The van der Waals surface area contributed by atoms with Gasteiger partial charge in [-0.1, -0.05) is 63.9 Å². The van der Waals surface area contributed by atoms with Crippen LogP contribution >= 0.6 is 0 Å². The topological polar surface area (TPSA) is 55.4 Å². The molecule has 4 nitrogen and oxygen atoms in total. The lowest BCUT2D eigenvalue weighted by Crippen LogP contribution is -2.45. The summed E-state index contributed by atoms with van der Waals surface area (Å²) in [7, 11) is 0. The molecule has 1 aromatic rings. The minimum Gasteiger partial charge on any atom is -0.464 e. The Morgan fingerprint density at radius 1 is 1.13 bits per heavy atom. The van der Waals surface area contributed by atoms with Crippen LogP contribution in [0.25, 0.3) is 0 Å². The quantitative estimate of drug-likeness (QED) is 0.530. The first-order chi connectivity index (χ1) is 11.0. The summed E-state index contributed by atoms with van der Waals surface area (Å²) < 4.78 is 5.28. The summed E-state index contributed by atoms with van der Waals surface area (Å²) in [5, 5.41) is 2.81. The molecule has 4 heteroatoms. The first kappa shape index (κ1) is 19.2. The maximum atomic E-state index is 12.1. The number of hydrogen-bond donors (Lipinski definition) is 1. The van der Waals surface area contributed by atoms with Gasteiger partial charge in [0.1, 0.15) is 6.04 Å². The maximum absolute atomic E-state index is 12.1. The Kier molecular flexibility index (Phi) is 9.03. The molecule has 1 atom stereocenters. The normalized spacial score (nSPS) is 12.0. The average Bonchev–Trinajstić information content (AvgIpc) is 2.55. The predicted octanol–water partition coefficient (Wildman–Crippen LogP) is 3.49. The number of nitrogens with one attached hydrogen (secondary N) is 1. The van der Waals surface area contributed by atoms with Gasteiger partial charge in [-0.2, -0.15) is 0 Å². The first-order valence-corrected chi connectivity index (χ1v) is 8.54. The Hall–Kier alpha value is -1.84.